The molecule has 0 heterocycles. The van der Waals surface area contributed by atoms with Crippen LogP contribution >= 0.6 is 0 Å². The monoisotopic (exact) mass is 526 g/mol. The van der Waals surface area contributed by atoms with E-state index in [1.807, 2.05) is 0 Å². The van der Waals surface area contributed by atoms with E-state index in [1.165, 1.54) is 38.5 Å². The van der Waals surface area contributed by atoms with Crippen molar-refractivity contribution in [3.8, 4) is 0 Å². The summed E-state index contributed by atoms with van der Waals surface area (Å²) >= 11 is 0. The van der Waals surface area contributed by atoms with Gasteiger partial charge in [0.1, 0.15) is 6.10 Å². The average Bonchev–Trinajstić information content (AvgIpc) is 2.79. The lowest BCUT2D eigenvalue weighted by atomic mass is 9.34. The second-order valence-corrected chi connectivity index (χ2v) is 16.4. The molecule has 5 rings (SSSR count). The summed E-state index contributed by atoms with van der Waals surface area (Å²) in [6.07, 6.45) is 14.4. The molecule has 0 saturated heterocycles. The van der Waals surface area contributed by atoms with Crippen molar-refractivity contribution in [2.45, 2.75) is 133 Å². The minimum absolute atomic E-state index is 0.00568. The Morgan fingerprint density at radius 2 is 1.42 bits per heavy atom. The first kappa shape index (κ1) is 28.2. The van der Waals surface area contributed by atoms with E-state index in [0.29, 0.717) is 29.8 Å². The molecule has 4 heteroatoms. The van der Waals surface area contributed by atoms with Gasteiger partial charge in [-0.15, -0.1) is 0 Å². The molecule has 0 aromatic carbocycles. The van der Waals surface area contributed by atoms with E-state index in [4.69, 9.17) is 9.47 Å². The summed E-state index contributed by atoms with van der Waals surface area (Å²) in [4.78, 5) is 23.9. The van der Waals surface area contributed by atoms with Crippen molar-refractivity contribution >= 4 is 11.9 Å². The summed E-state index contributed by atoms with van der Waals surface area (Å²) in [6.45, 7) is 21.1. The summed E-state index contributed by atoms with van der Waals surface area (Å²) in [5.41, 5.74) is 2.76. The quantitative estimate of drug-likeness (QED) is 0.274. The standard InChI is InChI=1S/C34H54O4/c1-22(35)37-21-34-17-12-26-32(8)14-10-24-30(5,6)28(38-23(2)36)13-16-31(24,7)25(32)11-15-33(26,9)27(34)20-29(3,4)18-19-34/h12,24-25,27-28H,10-11,13-21H2,1-9H3. The third-order valence-electron chi connectivity index (χ3n) is 13.3. The van der Waals surface area contributed by atoms with Crippen LogP contribution in [0.25, 0.3) is 0 Å². The molecule has 0 radical (unpaired) electrons. The van der Waals surface area contributed by atoms with Gasteiger partial charge < -0.3 is 9.47 Å². The van der Waals surface area contributed by atoms with Gasteiger partial charge in [-0.2, -0.15) is 0 Å². The van der Waals surface area contributed by atoms with Crippen LogP contribution in [0.4, 0.5) is 0 Å². The van der Waals surface area contributed by atoms with E-state index in [1.54, 1.807) is 19.4 Å². The van der Waals surface area contributed by atoms with Gasteiger partial charge in [-0.1, -0.05) is 60.1 Å². The molecule has 0 N–H and O–H groups in total. The van der Waals surface area contributed by atoms with Gasteiger partial charge in [0.15, 0.2) is 0 Å². The molecule has 0 bridgehead atoms. The van der Waals surface area contributed by atoms with Crippen molar-refractivity contribution < 1.29 is 19.1 Å². The molecule has 0 aromatic heterocycles. The largest absolute Gasteiger partial charge is 0.465 e. The van der Waals surface area contributed by atoms with Gasteiger partial charge in [0.2, 0.25) is 0 Å². The summed E-state index contributed by atoms with van der Waals surface area (Å²) in [6, 6.07) is 0. The molecule has 214 valence electrons. The normalized spacial score (nSPS) is 46.8. The lowest BCUT2D eigenvalue weighted by molar-refractivity contribution is -0.200. The van der Waals surface area contributed by atoms with Crippen LogP contribution in [0.1, 0.15) is 127 Å². The van der Waals surface area contributed by atoms with Crippen LogP contribution in [0.15, 0.2) is 11.6 Å². The average molecular weight is 527 g/mol. The van der Waals surface area contributed by atoms with E-state index < -0.39 is 0 Å². The molecular formula is C34H54O4. The number of carbonyl (C=O) groups is 2. The van der Waals surface area contributed by atoms with Gasteiger partial charge in [-0.3, -0.25) is 9.59 Å². The lowest BCUT2D eigenvalue weighted by Crippen LogP contribution is -2.63. The molecule has 5 aliphatic carbocycles. The lowest BCUT2D eigenvalue weighted by Gasteiger charge is -2.70. The molecule has 0 aromatic rings. The first-order valence-electron chi connectivity index (χ1n) is 15.5. The van der Waals surface area contributed by atoms with Crippen molar-refractivity contribution in [3.05, 3.63) is 11.6 Å². The topological polar surface area (TPSA) is 52.6 Å². The van der Waals surface area contributed by atoms with Crippen LogP contribution in [-0.4, -0.2) is 24.6 Å². The molecular weight excluding hydrogens is 472 g/mol. The number of hydrogen-bond donors (Lipinski definition) is 0. The van der Waals surface area contributed by atoms with Crippen molar-refractivity contribution in [2.24, 2.45) is 50.2 Å². The smallest absolute Gasteiger partial charge is 0.302 e. The highest BCUT2D eigenvalue weighted by atomic mass is 16.5. The Morgan fingerprint density at radius 3 is 2.05 bits per heavy atom. The Kier molecular flexibility index (Phi) is 6.56. The maximum atomic E-state index is 11.9. The van der Waals surface area contributed by atoms with Crippen molar-refractivity contribution in [1.29, 1.82) is 0 Å². The zero-order valence-electron chi connectivity index (χ0n) is 25.8. The number of ether oxygens (including phenoxy) is 2. The van der Waals surface area contributed by atoms with Crippen LogP contribution in [0.5, 0.6) is 0 Å². The number of carbonyl (C=O) groups excluding carboxylic acids is 2. The highest BCUT2D eigenvalue weighted by Crippen LogP contribution is 2.75. The first-order valence-corrected chi connectivity index (χ1v) is 15.5. The molecule has 8 atom stereocenters. The number of esters is 2. The van der Waals surface area contributed by atoms with Crippen LogP contribution in [-0.2, 0) is 19.1 Å². The fraction of sp³-hybridized carbons (Fsp3) is 0.882. The summed E-state index contributed by atoms with van der Waals surface area (Å²) in [5, 5.41) is 0. The van der Waals surface area contributed by atoms with Crippen LogP contribution in [0.2, 0.25) is 0 Å². The maximum Gasteiger partial charge on any atom is 0.302 e. The van der Waals surface area contributed by atoms with Crippen molar-refractivity contribution in [1.82, 2.24) is 0 Å². The molecule has 0 spiro atoms. The Bertz CT molecular complexity index is 1020. The predicted octanol–water partition coefficient (Wildman–Crippen LogP) is 8.28. The second kappa shape index (κ2) is 8.84. The minimum atomic E-state index is -0.142. The number of allylic oxidation sites excluding steroid dienone is 2. The summed E-state index contributed by atoms with van der Waals surface area (Å²) in [7, 11) is 0. The van der Waals surface area contributed by atoms with Gasteiger partial charge in [-0.05, 0) is 104 Å². The van der Waals surface area contributed by atoms with Gasteiger partial charge in [-0.25, -0.2) is 0 Å². The molecule has 38 heavy (non-hydrogen) atoms. The second-order valence-electron chi connectivity index (χ2n) is 16.4. The van der Waals surface area contributed by atoms with Gasteiger partial charge in [0.05, 0.1) is 6.61 Å². The first-order chi connectivity index (χ1) is 17.5. The minimum Gasteiger partial charge on any atom is -0.465 e. The van der Waals surface area contributed by atoms with E-state index in [0.717, 1.165) is 25.7 Å². The Morgan fingerprint density at radius 1 is 0.789 bits per heavy atom. The number of fused-ring (bicyclic) bond motifs is 7. The van der Waals surface area contributed by atoms with E-state index in [2.05, 4.69) is 54.5 Å². The van der Waals surface area contributed by atoms with Crippen molar-refractivity contribution in [2.75, 3.05) is 6.61 Å². The zero-order valence-corrected chi connectivity index (χ0v) is 25.8. The number of rotatable bonds is 3. The summed E-state index contributed by atoms with van der Waals surface area (Å²) < 4.78 is 11.7. The van der Waals surface area contributed by atoms with Crippen molar-refractivity contribution in [3.63, 3.8) is 0 Å². The number of hydrogen-bond acceptors (Lipinski definition) is 4. The van der Waals surface area contributed by atoms with E-state index in [-0.39, 0.29) is 45.1 Å². The molecule has 5 aliphatic rings. The van der Waals surface area contributed by atoms with Gasteiger partial charge >= 0.3 is 11.9 Å². The maximum absolute atomic E-state index is 11.9. The SMILES string of the molecule is CC(=O)OCC12CC=C3C(C)(CCC4C3(C)CCC3C(C)(C)C(OC(C)=O)CCC43C)C1CC(C)(C)CC2. The summed E-state index contributed by atoms with van der Waals surface area (Å²) in [5.74, 6) is 1.50. The highest BCUT2D eigenvalue weighted by Gasteiger charge is 2.67. The molecule has 4 saturated carbocycles. The van der Waals surface area contributed by atoms with Crippen LogP contribution < -0.4 is 0 Å². The predicted molar refractivity (Wildman–Crippen MR) is 151 cm³/mol. The molecule has 0 aliphatic heterocycles. The fourth-order valence-corrected chi connectivity index (χ4v) is 11.5. The Hall–Kier alpha value is -1.32. The Labute approximate surface area is 232 Å². The molecule has 8 unspecified atom stereocenters. The van der Waals surface area contributed by atoms with Gasteiger partial charge in [0.25, 0.3) is 0 Å². The van der Waals surface area contributed by atoms with E-state index in [9.17, 15) is 9.59 Å². The highest BCUT2D eigenvalue weighted by molar-refractivity contribution is 5.66. The van der Waals surface area contributed by atoms with E-state index >= 15 is 0 Å². The van der Waals surface area contributed by atoms with Crippen LogP contribution in [0, 0.1) is 50.2 Å². The zero-order chi connectivity index (χ0) is 27.9. The van der Waals surface area contributed by atoms with Gasteiger partial charge in [0, 0.05) is 24.7 Å². The van der Waals surface area contributed by atoms with Crippen LogP contribution in [0.3, 0.4) is 0 Å². The molecule has 4 fully saturated rings. The Balaban J connectivity index is 1.52. The fourth-order valence-electron chi connectivity index (χ4n) is 11.5. The molecule has 4 nitrogen and oxygen atoms in total. The molecule has 0 amide bonds. The third kappa shape index (κ3) is 4.04. The third-order valence-corrected chi connectivity index (χ3v) is 13.3.